The Morgan fingerprint density at radius 1 is 1.41 bits per heavy atom. The second-order valence-corrected chi connectivity index (χ2v) is 4.96. The Kier molecular flexibility index (Phi) is 7.31. The predicted octanol–water partition coefficient (Wildman–Crippen LogP) is 1.09. The average Bonchev–Trinajstić information content (AvgIpc) is 2.50. The number of amides is 2. The minimum absolute atomic E-state index is 0. The summed E-state index contributed by atoms with van der Waals surface area (Å²) in [6, 6.07) is 4.91. The van der Waals surface area contributed by atoms with Crippen molar-refractivity contribution in [3.8, 4) is 0 Å². The average molecular weight is 328 g/mol. The summed E-state index contributed by atoms with van der Waals surface area (Å²) < 4.78 is 5.28. The van der Waals surface area contributed by atoms with E-state index < -0.39 is 0 Å². The van der Waals surface area contributed by atoms with Crippen molar-refractivity contribution in [1.29, 1.82) is 0 Å². The number of benzene rings is 1. The van der Waals surface area contributed by atoms with Gasteiger partial charge in [-0.25, -0.2) is 0 Å². The van der Waals surface area contributed by atoms with E-state index in [1.165, 1.54) is 0 Å². The SMILES string of the molecule is CCNC(=O)c1ccc(C)c(NC(=O)C2COCCN2)c1.Cl. The molecule has 2 amide bonds. The second-order valence-electron chi connectivity index (χ2n) is 4.96. The topological polar surface area (TPSA) is 79.5 Å². The van der Waals surface area contributed by atoms with Crippen LogP contribution in [0.15, 0.2) is 18.2 Å². The van der Waals surface area contributed by atoms with Gasteiger partial charge in [0.05, 0.1) is 13.2 Å². The molecule has 0 aliphatic carbocycles. The lowest BCUT2D eigenvalue weighted by Crippen LogP contribution is -2.48. The number of hydrogen-bond donors (Lipinski definition) is 3. The summed E-state index contributed by atoms with van der Waals surface area (Å²) in [4.78, 5) is 24.0. The molecule has 0 radical (unpaired) electrons. The zero-order valence-corrected chi connectivity index (χ0v) is 13.6. The molecule has 1 aromatic carbocycles. The van der Waals surface area contributed by atoms with Crippen LogP contribution < -0.4 is 16.0 Å². The van der Waals surface area contributed by atoms with Gasteiger partial charge in [0.1, 0.15) is 6.04 Å². The number of morpholine rings is 1. The molecule has 1 aliphatic heterocycles. The maximum absolute atomic E-state index is 12.2. The van der Waals surface area contributed by atoms with Crippen molar-refractivity contribution in [3.05, 3.63) is 29.3 Å². The number of nitrogens with one attached hydrogen (secondary N) is 3. The first-order valence-electron chi connectivity index (χ1n) is 7.12. The largest absolute Gasteiger partial charge is 0.378 e. The molecule has 22 heavy (non-hydrogen) atoms. The standard InChI is InChI=1S/C15H21N3O3.ClH/c1-3-16-14(19)11-5-4-10(2)12(8-11)18-15(20)13-9-21-7-6-17-13;/h4-5,8,13,17H,3,6-7,9H2,1-2H3,(H,16,19)(H,18,20);1H. The third-order valence-electron chi connectivity index (χ3n) is 3.33. The fraction of sp³-hybridized carbons (Fsp3) is 0.467. The van der Waals surface area contributed by atoms with Crippen molar-refractivity contribution >= 4 is 29.9 Å². The van der Waals surface area contributed by atoms with E-state index >= 15 is 0 Å². The smallest absolute Gasteiger partial charge is 0.251 e. The maximum atomic E-state index is 12.2. The fourth-order valence-corrected chi connectivity index (χ4v) is 2.11. The number of halogens is 1. The summed E-state index contributed by atoms with van der Waals surface area (Å²) in [5.74, 6) is -0.294. The zero-order valence-electron chi connectivity index (χ0n) is 12.8. The molecule has 0 aromatic heterocycles. The number of hydrogen-bond acceptors (Lipinski definition) is 4. The first-order chi connectivity index (χ1) is 10.1. The molecule has 3 N–H and O–H groups in total. The molecule has 0 saturated carbocycles. The van der Waals surface area contributed by atoms with Crippen LogP contribution in [0.2, 0.25) is 0 Å². The zero-order chi connectivity index (χ0) is 15.2. The Bertz CT molecular complexity index is 531. The first-order valence-corrected chi connectivity index (χ1v) is 7.12. The first kappa shape index (κ1) is 18.4. The third kappa shape index (κ3) is 4.69. The van der Waals surface area contributed by atoms with Gasteiger partial charge in [0, 0.05) is 24.3 Å². The van der Waals surface area contributed by atoms with E-state index in [4.69, 9.17) is 4.74 Å². The van der Waals surface area contributed by atoms with Gasteiger partial charge in [-0.05, 0) is 31.5 Å². The molecule has 6 nitrogen and oxygen atoms in total. The normalized spacial score (nSPS) is 17.3. The van der Waals surface area contributed by atoms with Gasteiger partial charge in [-0.1, -0.05) is 6.07 Å². The minimum Gasteiger partial charge on any atom is -0.378 e. The van der Waals surface area contributed by atoms with E-state index in [1.807, 2.05) is 19.9 Å². The van der Waals surface area contributed by atoms with Crippen molar-refractivity contribution in [3.63, 3.8) is 0 Å². The van der Waals surface area contributed by atoms with Gasteiger partial charge in [-0.15, -0.1) is 12.4 Å². The molecule has 1 fully saturated rings. The van der Waals surface area contributed by atoms with Crippen LogP contribution in [0, 0.1) is 6.92 Å². The van der Waals surface area contributed by atoms with Crippen LogP contribution in [0.3, 0.4) is 0 Å². The molecule has 1 atom stereocenters. The van der Waals surface area contributed by atoms with Gasteiger partial charge >= 0.3 is 0 Å². The Morgan fingerprint density at radius 3 is 2.82 bits per heavy atom. The number of anilines is 1. The summed E-state index contributed by atoms with van der Waals surface area (Å²) in [6.45, 7) is 5.97. The summed E-state index contributed by atoms with van der Waals surface area (Å²) in [6.07, 6.45) is 0. The van der Waals surface area contributed by atoms with Crippen LogP contribution in [0.1, 0.15) is 22.8 Å². The molecule has 1 heterocycles. The van der Waals surface area contributed by atoms with Crippen LogP contribution in [-0.4, -0.2) is 44.2 Å². The summed E-state index contributed by atoms with van der Waals surface area (Å²) in [7, 11) is 0. The molecular formula is C15H22ClN3O3. The van der Waals surface area contributed by atoms with Gasteiger partial charge in [-0.2, -0.15) is 0 Å². The highest BCUT2D eigenvalue weighted by Crippen LogP contribution is 2.17. The second kappa shape index (κ2) is 8.73. The molecule has 1 saturated heterocycles. The lowest BCUT2D eigenvalue weighted by molar-refractivity contribution is -0.120. The Hall–Kier alpha value is -1.63. The quantitative estimate of drug-likeness (QED) is 0.773. The van der Waals surface area contributed by atoms with Gasteiger partial charge in [0.2, 0.25) is 5.91 Å². The van der Waals surface area contributed by atoms with Crippen LogP contribution in [-0.2, 0) is 9.53 Å². The van der Waals surface area contributed by atoms with E-state index in [1.54, 1.807) is 12.1 Å². The number of carbonyl (C=O) groups excluding carboxylic acids is 2. The molecule has 2 rings (SSSR count). The molecule has 122 valence electrons. The van der Waals surface area contributed by atoms with Crippen molar-refractivity contribution in [2.24, 2.45) is 0 Å². The molecule has 0 spiro atoms. The number of carbonyl (C=O) groups is 2. The molecule has 7 heteroatoms. The van der Waals surface area contributed by atoms with E-state index in [0.717, 1.165) is 5.56 Å². The fourth-order valence-electron chi connectivity index (χ4n) is 2.11. The van der Waals surface area contributed by atoms with E-state index in [0.29, 0.717) is 37.6 Å². The van der Waals surface area contributed by atoms with Crippen molar-refractivity contribution in [2.45, 2.75) is 19.9 Å². The van der Waals surface area contributed by atoms with Crippen molar-refractivity contribution in [2.75, 3.05) is 31.6 Å². The molecule has 0 bridgehead atoms. The number of ether oxygens (including phenoxy) is 1. The van der Waals surface area contributed by atoms with Gasteiger partial charge in [-0.3, -0.25) is 9.59 Å². The van der Waals surface area contributed by atoms with Crippen LogP contribution in [0.5, 0.6) is 0 Å². The van der Waals surface area contributed by atoms with Crippen molar-refractivity contribution < 1.29 is 14.3 Å². The predicted molar refractivity (Wildman–Crippen MR) is 87.7 cm³/mol. The van der Waals surface area contributed by atoms with Crippen LogP contribution >= 0.6 is 12.4 Å². The molecule has 1 unspecified atom stereocenters. The molecule has 1 aromatic rings. The van der Waals surface area contributed by atoms with Crippen molar-refractivity contribution in [1.82, 2.24) is 10.6 Å². The highest BCUT2D eigenvalue weighted by atomic mass is 35.5. The Labute approximate surface area is 136 Å². The van der Waals surface area contributed by atoms with Gasteiger partial charge in [0.25, 0.3) is 5.91 Å². The van der Waals surface area contributed by atoms with Crippen LogP contribution in [0.4, 0.5) is 5.69 Å². The maximum Gasteiger partial charge on any atom is 0.251 e. The minimum atomic E-state index is -0.355. The highest BCUT2D eigenvalue weighted by Gasteiger charge is 2.21. The van der Waals surface area contributed by atoms with Gasteiger partial charge in [0.15, 0.2) is 0 Å². The lowest BCUT2D eigenvalue weighted by atomic mass is 10.1. The number of rotatable bonds is 4. The van der Waals surface area contributed by atoms with E-state index in [9.17, 15) is 9.59 Å². The van der Waals surface area contributed by atoms with Crippen LogP contribution in [0.25, 0.3) is 0 Å². The molecular weight excluding hydrogens is 306 g/mol. The molecule has 1 aliphatic rings. The van der Waals surface area contributed by atoms with E-state index in [2.05, 4.69) is 16.0 Å². The lowest BCUT2D eigenvalue weighted by Gasteiger charge is -2.23. The van der Waals surface area contributed by atoms with Gasteiger partial charge < -0.3 is 20.7 Å². The monoisotopic (exact) mass is 327 g/mol. The highest BCUT2D eigenvalue weighted by molar-refractivity contribution is 5.99. The Morgan fingerprint density at radius 2 is 2.18 bits per heavy atom. The summed E-state index contributed by atoms with van der Waals surface area (Å²) >= 11 is 0. The van der Waals surface area contributed by atoms with E-state index in [-0.39, 0.29) is 30.3 Å². The Balaban J connectivity index is 0.00000242. The number of aryl methyl sites for hydroxylation is 1. The summed E-state index contributed by atoms with van der Waals surface area (Å²) in [5.41, 5.74) is 2.09. The summed E-state index contributed by atoms with van der Waals surface area (Å²) in [5, 5.41) is 8.70. The third-order valence-corrected chi connectivity index (χ3v) is 3.33.